The summed E-state index contributed by atoms with van der Waals surface area (Å²) in [5.74, 6) is 0.407. The Bertz CT molecular complexity index is 1150. The molecule has 0 spiro atoms. The Morgan fingerprint density at radius 2 is 1.72 bits per heavy atom. The van der Waals surface area contributed by atoms with Gasteiger partial charge in [0.2, 0.25) is 5.91 Å². The number of hydrogen-bond acceptors (Lipinski definition) is 5. The van der Waals surface area contributed by atoms with Crippen LogP contribution in [-0.4, -0.2) is 32.2 Å². The highest BCUT2D eigenvalue weighted by atomic mass is 16.2. The van der Waals surface area contributed by atoms with E-state index in [2.05, 4.69) is 56.9 Å². The molecule has 0 unspecified atom stereocenters. The summed E-state index contributed by atoms with van der Waals surface area (Å²) in [5, 5.41) is 10.5. The first-order valence-electron chi connectivity index (χ1n) is 10.5. The van der Waals surface area contributed by atoms with Gasteiger partial charge in [0.1, 0.15) is 6.04 Å². The van der Waals surface area contributed by atoms with Crippen molar-refractivity contribution in [3.8, 4) is 11.4 Å². The third-order valence-corrected chi connectivity index (χ3v) is 5.16. The number of aromatic nitrogens is 4. The predicted molar refractivity (Wildman–Crippen MR) is 125 cm³/mol. The first-order chi connectivity index (χ1) is 15.6. The molecule has 162 valence electrons. The van der Waals surface area contributed by atoms with Crippen molar-refractivity contribution in [2.75, 3.05) is 11.9 Å². The highest BCUT2D eigenvalue weighted by molar-refractivity contribution is 5.95. The first kappa shape index (κ1) is 21.4. The molecule has 7 nitrogen and oxygen atoms in total. The van der Waals surface area contributed by atoms with Crippen molar-refractivity contribution in [2.45, 2.75) is 19.4 Å². The Morgan fingerprint density at radius 1 is 1.00 bits per heavy atom. The van der Waals surface area contributed by atoms with E-state index in [1.165, 1.54) is 11.1 Å². The fourth-order valence-electron chi connectivity index (χ4n) is 3.42. The van der Waals surface area contributed by atoms with Crippen molar-refractivity contribution in [1.82, 2.24) is 25.1 Å². The number of carbonyl (C=O) groups excluding carboxylic acids is 1. The number of nitrogens with zero attached hydrogens (tertiary/aromatic N) is 4. The smallest absolute Gasteiger partial charge is 0.246 e. The molecule has 0 aliphatic carbocycles. The summed E-state index contributed by atoms with van der Waals surface area (Å²) in [7, 11) is 1.84. The number of anilines is 1. The Kier molecular flexibility index (Phi) is 6.67. The predicted octanol–water partition coefficient (Wildman–Crippen LogP) is 3.70. The molecule has 0 aliphatic heterocycles. The number of hydrogen-bond donors (Lipinski definition) is 2. The number of rotatable bonds is 8. The van der Waals surface area contributed by atoms with Crippen molar-refractivity contribution in [3.63, 3.8) is 0 Å². The molecule has 2 heterocycles. The molecule has 0 radical (unpaired) electrons. The van der Waals surface area contributed by atoms with E-state index in [1.807, 2.05) is 43.6 Å². The largest absolute Gasteiger partial charge is 0.322 e. The van der Waals surface area contributed by atoms with E-state index in [1.54, 1.807) is 23.3 Å². The molecule has 0 fully saturated rings. The molecule has 2 aromatic carbocycles. The zero-order chi connectivity index (χ0) is 22.3. The summed E-state index contributed by atoms with van der Waals surface area (Å²) >= 11 is 0. The van der Waals surface area contributed by atoms with Crippen LogP contribution in [0.1, 0.15) is 22.7 Å². The number of benzene rings is 2. The maximum Gasteiger partial charge on any atom is 0.246 e. The lowest BCUT2D eigenvalue weighted by atomic mass is 10.1. The highest BCUT2D eigenvalue weighted by Gasteiger charge is 2.20. The van der Waals surface area contributed by atoms with Crippen LogP contribution < -0.4 is 10.6 Å². The number of nitrogens with one attached hydrogen (secondary N) is 2. The second-order valence-corrected chi connectivity index (χ2v) is 7.72. The van der Waals surface area contributed by atoms with Crippen LogP contribution in [0.25, 0.3) is 11.4 Å². The third-order valence-electron chi connectivity index (χ3n) is 5.16. The van der Waals surface area contributed by atoms with Gasteiger partial charge in [0.15, 0.2) is 5.82 Å². The molecular formula is C25H26N6O. The van der Waals surface area contributed by atoms with Crippen LogP contribution in [0, 0.1) is 6.92 Å². The van der Waals surface area contributed by atoms with Crippen LogP contribution >= 0.6 is 0 Å². The molecule has 0 saturated carbocycles. The Morgan fingerprint density at radius 3 is 2.38 bits per heavy atom. The van der Waals surface area contributed by atoms with Crippen LogP contribution in [0.2, 0.25) is 0 Å². The van der Waals surface area contributed by atoms with E-state index in [-0.39, 0.29) is 5.91 Å². The standard InChI is InChI=1S/C25H26N6O/c1-18-8-10-19(11-9-18)12-13-26-23(20-6-4-3-5-7-20)25(32)30-22-15-27-24(28-16-22)21-14-29-31(2)17-21/h3-11,14-17,23,26H,12-13H2,1-2H3,(H,30,32)/t23-/m1/s1. The quantitative estimate of drug-likeness (QED) is 0.449. The van der Waals surface area contributed by atoms with Gasteiger partial charge in [0.05, 0.1) is 29.8 Å². The Balaban J connectivity index is 1.43. The van der Waals surface area contributed by atoms with Gasteiger partial charge < -0.3 is 10.6 Å². The van der Waals surface area contributed by atoms with Gasteiger partial charge >= 0.3 is 0 Å². The summed E-state index contributed by atoms with van der Waals surface area (Å²) < 4.78 is 1.70. The molecular weight excluding hydrogens is 400 g/mol. The average Bonchev–Trinajstić information content (AvgIpc) is 3.25. The first-order valence-corrected chi connectivity index (χ1v) is 10.5. The minimum atomic E-state index is -0.486. The lowest BCUT2D eigenvalue weighted by Crippen LogP contribution is -2.34. The topological polar surface area (TPSA) is 84.7 Å². The van der Waals surface area contributed by atoms with E-state index in [4.69, 9.17) is 0 Å². The van der Waals surface area contributed by atoms with Gasteiger partial charge in [-0.1, -0.05) is 60.2 Å². The summed E-state index contributed by atoms with van der Waals surface area (Å²) in [6, 6.07) is 17.7. The van der Waals surface area contributed by atoms with Gasteiger partial charge in [0, 0.05) is 19.8 Å². The van der Waals surface area contributed by atoms with Crippen molar-refractivity contribution >= 4 is 11.6 Å². The number of aryl methyl sites for hydroxylation is 2. The van der Waals surface area contributed by atoms with Crippen LogP contribution in [0.15, 0.2) is 79.4 Å². The van der Waals surface area contributed by atoms with Crippen molar-refractivity contribution in [3.05, 3.63) is 96.1 Å². The zero-order valence-corrected chi connectivity index (χ0v) is 18.2. The SMILES string of the molecule is Cc1ccc(CCN[C@@H](C(=O)Nc2cnc(-c3cnn(C)c3)nc2)c2ccccc2)cc1. The molecule has 2 aromatic heterocycles. The molecule has 0 saturated heterocycles. The maximum absolute atomic E-state index is 13.1. The molecule has 4 rings (SSSR count). The lowest BCUT2D eigenvalue weighted by molar-refractivity contribution is -0.118. The lowest BCUT2D eigenvalue weighted by Gasteiger charge is -2.19. The average molecular weight is 427 g/mol. The van der Waals surface area contributed by atoms with Crippen molar-refractivity contribution in [2.24, 2.45) is 7.05 Å². The van der Waals surface area contributed by atoms with Crippen molar-refractivity contribution < 1.29 is 4.79 Å². The minimum absolute atomic E-state index is 0.155. The maximum atomic E-state index is 13.1. The fraction of sp³-hybridized carbons (Fsp3) is 0.200. The Labute approximate surface area is 187 Å². The highest BCUT2D eigenvalue weighted by Crippen LogP contribution is 2.18. The monoisotopic (exact) mass is 426 g/mol. The van der Waals surface area contributed by atoms with E-state index >= 15 is 0 Å². The molecule has 0 aliphatic rings. The summed E-state index contributed by atoms with van der Waals surface area (Å²) in [6.45, 7) is 2.75. The summed E-state index contributed by atoms with van der Waals surface area (Å²) in [4.78, 5) is 21.8. The van der Waals surface area contributed by atoms with E-state index in [9.17, 15) is 4.79 Å². The van der Waals surface area contributed by atoms with Crippen LogP contribution in [0.3, 0.4) is 0 Å². The van der Waals surface area contributed by atoms with E-state index in [0.717, 1.165) is 17.5 Å². The van der Waals surface area contributed by atoms with Crippen LogP contribution in [0.4, 0.5) is 5.69 Å². The number of amides is 1. The van der Waals surface area contributed by atoms with Gasteiger partial charge in [-0.2, -0.15) is 5.10 Å². The van der Waals surface area contributed by atoms with Gasteiger partial charge in [-0.3, -0.25) is 9.48 Å². The van der Waals surface area contributed by atoms with Gasteiger partial charge in [-0.25, -0.2) is 9.97 Å². The molecule has 1 atom stereocenters. The van der Waals surface area contributed by atoms with Crippen molar-refractivity contribution in [1.29, 1.82) is 0 Å². The molecule has 7 heteroatoms. The summed E-state index contributed by atoms with van der Waals surface area (Å²) in [5.41, 5.74) is 4.74. The van der Waals surface area contributed by atoms with Gasteiger partial charge in [-0.15, -0.1) is 0 Å². The molecule has 1 amide bonds. The minimum Gasteiger partial charge on any atom is -0.322 e. The second kappa shape index (κ2) is 9.98. The van der Waals surface area contributed by atoms with Crippen LogP contribution in [-0.2, 0) is 18.3 Å². The molecule has 0 bridgehead atoms. The second-order valence-electron chi connectivity index (χ2n) is 7.72. The zero-order valence-electron chi connectivity index (χ0n) is 18.2. The number of carbonyl (C=O) groups is 1. The fourth-order valence-corrected chi connectivity index (χ4v) is 3.42. The molecule has 2 N–H and O–H groups in total. The summed E-state index contributed by atoms with van der Waals surface area (Å²) in [6.07, 6.45) is 7.61. The van der Waals surface area contributed by atoms with E-state index in [0.29, 0.717) is 18.1 Å². The van der Waals surface area contributed by atoms with Gasteiger partial charge in [0.25, 0.3) is 0 Å². The Hall–Kier alpha value is -3.84. The third kappa shape index (κ3) is 5.44. The van der Waals surface area contributed by atoms with Crippen LogP contribution in [0.5, 0.6) is 0 Å². The van der Waals surface area contributed by atoms with Gasteiger partial charge in [-0.05, 0) is 24.5 Å². The molecule has 4 aromatic rings. The van der Waals surface area contributed by atoms with E-state index < -0.39 is 6.04 Å². The molecule has 32 heavy (non-hydrogen) atoms. The normalized spacial score (nSPS) is 11.8.